The summed E-state index contributed by atoms with van der Waals surface area (Å²) in [6.07, 6.45) is 2.57. The maximum Gasteiger partial charge on any atom is 0.220 e. The third-order valence-electron chi connectivity index (χ3n) is 7.72. The molecule has 0 heterocycles. The number of hydrogen-bond donors (Lipinski definition) is 0. The summed E-state index contributed by atoms with van der Waals surface area (Å²) in [5.41, 5.74) is 0. The van der Waals surface area contributed by atoms with Crippen LogP contribution in [0.25, 0.3) is 0 Å². The molecule has 0 radical (unpaired) electrons. The standard InChI is InChI=1S/C35H42O4P2/c1-34(36-3,37-4)35(2,38-5)39-29(28-41(32-22-14-8-15-23-32)33-24-16-9-17-25-33)26-27-40(30-18-10-6-11-19-30)31-20-12-7-13-21-31/h6-25,29H,26-28H2,1-5H3/t29-,35-/m1/s1. The molecule has 0 spiro atoms. The summed E-state index contributed by atoms with van der Waals surface area (Å²) in [6, 6.07) is 43.3. The molecule has 4 rings (SSSR count). The molecule has 0 saturated heterocycles. The van der Waals surface area contributed by atoms with Gasteiger partial charge in [0.15, 0.2) is 0 Å². The SMILES string of the molecule is COC(C)(OC)[C@](C)(OC)O[C@H](CCP(c1ccccc1)c1ccccc1)CP(c1ccccc1)c1ccccc1. The van der Waals surface area contributed by atoms with Crippen LogP contribution in [0.4, 0.5) is 0 Å². The van der Waals surface area contributed by atoms with Crippen LogP contribution in [0.3, 0.4) is 0 Å². The molecule has 4 aromatic rings. The fourth-order valence-electron chi connectivity index (χ4n) is 4.98. The van der Waals surface area contributed by atoms with E-state index in [1.807, 2.05) is 13.8 Å². The minimum absolute atomic E-state index is 0.117. The molecule has 0 aliphatic rings. The molecule has 4 aromatic carbocycles. The Bertz CT molecular complexity index is 1210. The molecule has 0 bridgehead atoms. The second-order valence-electron chi connectivity index (χ2n) is 10.1. The highest BCUT2D eigenvalue weighted by Gasteiger charge is 2.49. The molecule has 216 valence electrons. The Morgan fingerprint density at radius 1 is 0.512 bits per heavy atom. The van der Waals surface area contributed by atoms with Gasteiger partial charge in [-0.15, -0.1) is 0 Å². The summed E-state index contributed by atoms with van der Waals surface area (Å²) in [5, 5.41) is 5.40. The van der Waals surface area contributed by atoms with Gasteiger partial charge in [-0.3, -0.25) is 0 Å². The van der Waals surface area contributed by atoms with Crippen molar-refractivity contribution in [2.75, 3.05) is 33.7 Å². The van der Waals surface area contributed by atoms with Gasteiger partial charge in [0.2, 0.25) is 11.6 Å². The van der Waals surface area contributed by atoms with Crippen LogP contribution in [0.1, 0.15) is 20.3 Å². The van der Waals surface area contributed by atoms with E-state index >= 15 is 0 Å². The van der Waals surface area contributed by atoms with Gasteiger partial charge in [-0.2, -0.15) is 0 Å². The molecule has 41 heavy (non-hydrogen) atoms. The number of hydrogen-bond acceptors (Lipinski definition) is 4. The Morgan fingerprint density at radius 3 is 1.20 bits per heavy atom. The predicted molar refractivity (Wildman–Crippen MR) is 175 cm³/mol. The first-order valence-electron chi connectivity index (χ1n) is 14.0. The third kappa shape index (κ3) is 7.90. The van der Waals surface area contributed by atoms with Crippen LogP contribution in [0.5, 0.6) is 0 Å². The highest BCUT2D eigenvalue weighted by Crippen LogP contribution is 2.41. The number of benzene rings is 4. The van der Waals surface area contributed by atoms with E-state index in [0.29, 0.717) is 0 Å². The van der Waals surface area contributed by atoms with Crippen molar-refractivity contribution in [2.24, 2.45) is 0 Å². The lowest BCUT2D eigenvalue weighted by molar-refractivity contribution is -0.387. The average molecular weight is 589 g/mol. The molecule has 0 unspecified atom stereocenters. The summed E-state index contributed by atoms with van der Waals surface area (Å²) in [7, 11) is 3.65. The van der Waals surface area contributed by atoms with Crippen molar-refractivity contribution in [1.82, 2.24) is 0 Å². The molecular formula is C35H42O4P2. The molecular weight excluding hydrogens is 546 g/mol. The minimum atomic E-state index is -1.13. The van der Waals surface area contributed by atoms with Crippen LogP contribution in [-0.4, -0.2) is 51.3 Å². The van der Waals surface area contributed by atoms with Crippen LogP contribution in [-0.2, 0) is 18.9 Å². The molecule has 0 aliphatic heterocycles. The van der Waals surface area contributed by atoms with E-state index in [-0.39, 0.29) is 6.10 Å². The average Bonchev–Trinajstić information content (AvgIpc) is 3.04. The first-order valence-corrected chi connectivity index (χ1v) is 17.1. The second kappa shape index (κ2) is 15.2. The second-order valence-corrected chi connectivity index (χ2v) is 14.7. The first kappa shape index (κ1) is 31.5. The van der Waals surface area contributed by atoms with Crippen molar-refractivity contribution >= 4 is 37.1 Å². The molecule has 6 heteroatoms. The van der Waals surface area contributed by atoms with E-state index < -0.39 is 27.4 Å². The quantitative estimate of drug-likeness (QED) is 0.119. The van der Waals surface area contributed by atoms with E-state index in [9.17, 15) is 0 Å². The number of ether oxygens (including phenoxy) is 4. The van der Waals surface area contributed by atoms with Gasteiger partial charge in [0.05, 0.1) is 6.10 Å². The van der Waals surface area contributed by atoms with Crippen LogP contribution in [0.15, 0.2) is 121 Å². The molecule has 2 atom stereocenters. The molecule has 0 amide bonds. The highest BCUT2D eigenvalue weighted by molar-refractivity contribution is 7.73. The Kier molecular flexibility index (Phi) is 11.7. The van der Waals surface area contributed by atoms with Gasteiger partial charge in [-0.25, -0.2) is 0 Å². The van der Waals surface area contributed by atoms with Crippen molar-refractivity contribution in [3.63, 3.8) is 0 Å². The van der Waals surface area contributed by atoms with E-state index in [4.69, 9.17) is 18.9 Å². The zero-order valence-electron chi connectivity index (χ0n) is 24.8. The van der Waals surface area contributed by atoms with Gasteiger partial charge in [0.25, 0.3) is 0 Å². The number of rotatable bonds is 15. The van der Waals surface area contributed by atoms with Crippen LogP contribution in [0, 0.1) is 0 Å². The maximum absolute atomic E-state index is 6.98. The lowest BCUT2D eigenvalue weighted by atomic mass is 10.1. The van der Waals surface area contributed by atoms with Crippen molar-refractivity contribution in [3.05, 3.63) is 121 Å². The van der Waals surface area contributed by atoms with E-state index in [1.165, 1.54) is 21.2 Å². The van der Waals surface area contributed by atoms with Crippen LogP contribution >= 0.6 is 15.8 Å². The fraction of sp³-hybridized carbons (Fsp3) is 0.314. The van der Waals surface area contributed by atoms with Crippen molar-refractivity contribution in [3.8, 4) is 0 Å². The zero-order valence-corrected chi connectivity index (χ0v) is 26.6. The van der Waals surface area contributed by atoms with E-state index in [1.54, 1.807) is 21.3 Å². The van der Waals surface area contributed by atoms with Gasteiger partial charge in [-0.05, 0) is 63.5 Å². The third-order valence-corrected chi connectivity index (χ3v) is 12.9. The Hall–Kier alpha value is -2.42. The van der Waals surface area contributed by atoms with Crippen molar-refractivity contribution in [2.45, 2.75) is 37.9 Å². The minimum Gasteiger partial charge on any atom is -0.349 e. The van der Waals surface area contributed by atoms with E-state index in [2.05, 4.69) is 121 Å². The molecule has 0 N–H and O–H groups in total. The van der Waals surface area contributed by atoms with Crippen LogP contribution in [0.2, 0.25) is 0 Å². The highest BCUT2D eigenvalue weighted by atomic mass is 31.1. The maximum atomic E-state index is 6.98. The zero-order chi connectivity index (χ0) is 29.1. The largest absolute Gasteiger partial charge is 0.349 e. The van der Waals surface area contributed by atoms with Gasteiger partial charge >= 0.3 is 0 Å². The summed E-state index contributed by atoms with van der Waals surface area (Å²) < 4.78 is 24.6. The van der Waals surface area contributed by atoms with Gasteiger partial charge in [0.1, 0.15) is 0 Å². The van der Waals surface area contributed by atoms with Crippen molar-refractivity contribution in [1.29, 1.82) is 0 Å². The monoisotopic (exact) mass is 588 g/mol. The predicted octanol–water partition coefficient (Wildman–Crippen LogP) is 6.40. The normalized spacial score (nSPS) is 14.2. The van der Waals surface area contributed by atoms with E-state index in [0.717, 1.165) is 18.7 Å². The lowest BCUT2D eigenvalue weighted by Crippen LogP contribution is -2.57. The topological polar surface area (TPSA) is 36.9 Å². The number of methoxy groups -OCH3 is 3. The summed E-state index contributed by atoms with van der Waals surface area (Å²) in [6.45, 7) is 3.78. The molecule has 0 aliphatic carbocycles. The van der Waals surface area contributed by atoms with Gasteiger partial charge in [-0.1, -0.05) is 121 Å². The molecule has 4 nitrogen and oxygen atoms in total. The first-order chi connectivity index (χ1) is 19.9. The van der Waals surface area contributed by atoms with Gasteiger partial charge < -0.3 is 18.9 Å². The molecule has 0 saturated carbocycles. The summed E-state index contributed by atoms with van der Waals surface area (Å²) in [4.78, 5) is 0. The van der Waals surface area contributed by atoms with Crippen molar-refractivity contribution < 1.29 is 18.9 Å². The lowest BCUT2D eigenvalue weighted by Gasteiger charge is -2.44. The Labute approximate surface area is 248 Å². The summed E-state index contributed by atoms with van der Waals surface area (Å²) >= 11 is 0. The fourth-order valence-corrected chi connectivity index (χ4v) is 9.85. The Balaban J connectivity index is 1.71. The van der Waals surface area contributed by atoms with Gasteiger partial charge in [0, 0.05) is 27.5 Å². The molecule has 0 fully saturated rings. The summed E-state index contributed by atoms with van der Waals surface area (Å²) in [5.74, 6) is -2.22. The van der Waals surface area contributed by atoms with Crippen LogP contribution < -0.4 is 21.2 Å². The molecule has 0 aromatic heterocycles. The smallest absolute Gasteiger partial charge is 0.220 e. The Morgan fingerprint density at radius 2 is 0.854 bits per heavy atom.